The third-order valence-corrected chi connectivity index (χ3v) is 10.7. The maximum atomic E-state index is 6.65. The molecule has 3 heterocycles. The molecule has 5 nitrogen and oxygen atoms in total. The lowest BCUT2D eigenvalue weighted by atomic mass is 9.94. The van der Waals surface area contributed by atoms with E-state index in [0.29, 0.717) is 17.6 Å². The van der Waals surface area contributed by atoms with Crippen LogP contribution in [0, 0.1) is 0 Å². The smallest absolute Gasteiger partial charge is 0.238 e. The van der Waals surface area contributed by atoms with Crippen LogP contribution < -0.4 is 0 Å². The Morgan fingerprint density at radius 1 is 0.357 bits per heavy atom. The lowest BCUT2D eigenvalue weighted by Gasteiger charge is -2.14. The first-order chi connectivity index (χ1) is 27.8. The molecule has 11 aromatic rings. The molecule has 0 aliphatic heterocycles. The van der Waals surface area contributed by atoms with E-state index in [1.165, 1.54) is 11.1 Å². The fourth-order valence-electron chi connectivity index (χ4n) is 8.05. The van der Waals surface area contributed by atoms with Gasteiger partial charge in [0.2, 0.25) is 5.95 Å². The van der Waals surface area contributed by atoms with Crippen molar-refractivity contribution in [2.45, 2.75) is 0 Å². The molecule has 0 fully saturated rings. The van der Waals surface area contributed by atoms with Gasteiger partial charge in [-0.15, -0.1) is 0 Å². The largest absolute Gasteiger partial charge is 0.454 e. The van der Waals surface area contributed by atoms with E-state index in [2.05, 4.69) is 156 Å². The van der Waals surface area contributed by atoms with Crippen LogP contribution >= 0.6 is 0 Å². The zero-order chi connectivity index (χ0) is 37.0. The van der Waals surface area contributed by atoms with Gasteiger partial charge in [-0.1, -0.05) is 164 Å². The number of nitrogens with zero attached hydrogens (tertiary/aromatic N) is 4. The topological polar surface area (TPSA) is 56.7 Å². The molecule has 0 radical (unpaired) electrons. The highest BCUT2D eigenvalue weighted by molar-refractivity contribution is 6.21. The first-order valence-electron chi connectivity index (χ1n) is 18.8. The lowest BCUT2D eigenvalue weighted by molar-refractivity contribution is 0.670. The van der Waals surface area contributed by atoms with Crippen molar-refractivity contribution in [2.75, 3.05) is 0 Å². The van der Waals surface area contributed by atoms with Crippen molar-refractivity contribution in [1.29, 1.82) is 0 Å². The van der Waals surface area contributed by atoms with Gasteiger partial charge in [-0.25, -0.2) is 4.98 Å². The minimum atomic E-state index is 0.522. The number of benzene rings is 8. The quantitative estimate of drug-likeness (QED) is 0.172. The molecule has 8 aromatic carbocycles. The van der Waals surface area contributed by atoms with Gasteiger partial charge >= 0.3 is 0 Å². The number of furan rings is 1. The molecule has 0 spiro atoms. The molecule has 56 heavy (non-hydrogen) atoms. The Balaban J connectivity index is 1.13. The molecule has 0 unspecified atom stereocenters. The van der Waals surface area contributed by atoms with E-state index in [4.69, 9.17) is 19.4 Å². The Labute approximate surface area is 322 Å². The molecule has 0 aliphatic carbocycles. The summed E-state index contributed by atoms with van der Waals surface area (Å²) in [5, 5.41) is 4.30. The van der Waals surface area contributed by atoms with E-state index in [1.807, 2.05) is 42.5 Å². The average molecular weight is 717 g/mol. The fourth-order valence-corrected chi connectivity index (χ4v) is 8.05. The highest BCUT2D eigenvalue weighted by atomic mass is 16.3. The second kappa shape index (κ2) is 13.0. The third-order valence-electron chi connectivity index (χ3n) is 10.7. The SMILES string of the molecule is c1ccc(-c2cccc(-c3cccc(-c4ccccc4-c4nc(-c5ccccc5)nc(-n5c6ccccc6c6ccc7c8ccccc8oc7c65)n4)c3)c2)cc1. The zero-order valence-corrected chi connectivity index (χ0v) is 30.2. The van der Waals surface area contributed by atoms with Crippen molar-refractivity contribution in [3.63, 3.8) is 0 Å². The van der Waals surface area contributed by atoms with Gasteiger partial charge in [0.1, 0.15) is 11.1 Å². The number of hydrogen-bond acceptors (Lipinski definition) is 4. The first kappa shape index (κ1) is 31.9. The van der Waals surface area contributed by atoms with Crippen molar-refractivity contribution in [1.82, 2.24) is 19.5 Å². The van der Waals surface area contributed by atoms with Gasteiger partial charge in [0.25, 0.3) is 0 Å². The Morgan fingerprint density at radius 3 is 1.70 bits per heavy atom. The molecule has 0 saturated carbocycles. The zero-order valence-electron chi connectivity index (χ0n) is 30.2. The maximum Gasteiger partial charge on any atom is 0.238 e. The Kier molecular flexibility index (Phi) is 7.42. The minimum Gasteiger partial charge on any atom is -0.454 e. The van der Waals surface area contributed by atoms with E-state index in [1.54, 1.807) is 0 Å². The number of hydrogen-bond donors (Lipinski definition) is 0. The summed E-state index contributed by atoms with van der Waals surface area (Å²) in [6, 6.07) is 67.4. The van der Waals surface area contributed by atoms with Gasteiger partial charge in [0, 0.05) is 32.7 Å². The highest BCUT2D eigenvalue weighted by Crippen LogP contribution is 2.41. The summed E-state index contributed by atoms with van der Waals surface area (Å²) in [4.78, 5) is 15.8. The van der Waals surface area contributed by atoms with E-state index < -0.39 is 0 Å². The second-order valence-corrected chi connectivity index (χ2v) is 14.0. The molecular formula is C51H32N4O. The number of para-hydroxylation sites is 2. The summed E-state index contributed by atoms with van der Waals surface area (Å²) in [5.41, 5.74) is 12.2. The van der Waals surface area contributed by atoms with Crippen LogP contribution in [-0.4, -0.2) is 19.5 Å². The van der Waals surface area contributed by atoms with Crippen LogP contribution in [0.5, 0.6) is 0 Å². The van der Waals surface area contributed by atoms with Crippen LogP contribution in [0.15, 0.2) is 199 Å². The number of aromatic nitrogens is 4. The van der Waals surface area contributed by atoms with E-state index >= 15 is 0 Å². The Hall–Kier alpha value is -7.63. The summed E-state index contributed by atoms with van der Waals surface area (Å²) >= 11 is 0. The van der Waals surface area contributed by atoms with Gasteiger partial charge in [-0.2, -0.15) is 9.97 Å². The number of rotatable bonds is 6. The maximum absolute atomic E-state index is 6.65. The molecule has 5 heteroatoms. The molecule has 0 saturated heterocycles. The summed E-state index contributed by atoms with van der Waals surface area (Å²) in [5.74, 6) is 1.70. The van der Waals surface area contributed by atoms with Crippen molar-refractivity contribution >= 4 is 43.7 Å². The highest BCUT2D eigenvalue weighted by Gasteiger charge is 2.22. The van der Waals surface area contributed by atoms with Crippen molar-refractivity contribution in [3.8, 4) is 62.1 Å². The van der Waals surface area contributed by atoms with Crippen molar-refractivity contribution < 1.29 is 4.42 Å². The van der Waals surface area contributed by atoms with Crippen LogP contribution in [0.25, 0.3) is 106 Å². The van der Waals surface area contributed by atoms with Crippen LogP contribution in [-0.2, 0) is 0 Å². The average Bonchev–Trinajstić information content (AvgIpc) is 3.83. The summed E-state index contributed by atoms with van der Waals surface area (Å²) in [7, 11) is 0. The van der Waals surface area contributed by atoms with Crippen molar-refractivity contribution in [2.24, 2.45) is 0 Å². The molecule has 0 N–H and O–H groups in total. The molecule has 0 aliphatic rings. The van der Waals surface area contributed by atoms with E-state index in [0.717, 1.165) is 77.1 Å². The molecule has 11 rings (SSSR count). The van der Waals surface area contributed by atoms with E-state index in [9.17, 15) is 0 Å². The summed E-state index contributed by atoms with van der Waals surface area (Å²) < 4.78 is 8.80. The van der Waals surface area contributed by atoms with Gasteiger partial charge < -0.3 is 4.42 Å². The normalized spacial score (nSPS) is 11.6. The van der Waals surface area contributed by atoms with Crippen LogP contribution in [0.4, 0.5) is 0 Å². The molecular weight excluding hydrogens is 685 g/mol. The fraction of sp³-hybridized carbons (Fsp3) is 0. The van der Waals surface area contributed by atoms with Gasteiger partial charge in [-0.05, 0) is 63.7 Å². The summed E-state index contributed by atoms with van der Waals surface area (Å²) in [6.45, 7) is 0. The van der Waals surface area contributed by atoms with Crippen molar-refractivity contribution in [3.05, 3.63) is 194 Å². The third kappa shape index (κ3) is 5.29. The van der Waals surface area contributed by atoms with Crippen LogP contribution in [0.2, 0.25) is 0 Å². The molecule has 3 aromatic heterocycles. The second-order valence-electron chi connectivity index (χ2n) is 14.0. The molecule has 262 valence electrons. The lowest BCUT2D eigenvalue weighted by Crippen LogP contribution is -2.07. The Morgan fingerprint density at radius 2 is 0.911 bits per heavy atom. The van der Waals surface area contributed by atoms with Crippen LogP contribution in [0.1, 0.15) is 0 Å². The standard InChI is InChI=1S/C51H32N4O/c1-3-15-33(16-4-1)35-19-13-20-36(31-35)37-21-14-22-38(32-37)39-23-7-8-26-44(39)50-52-49(34-17-5-2-6-18-34)53-51(54-50)55-45-27-11-9-24-40(45)42-29-30-43-41-25-10-12-28-46(41)56-48(43)47(42)55/h1-32H. The summed E-state index contributed by atoms with van der Waals surface area (Å²) in [6.07, 6.45) is 0. The number of fused-ring (bicyclic) bond motifs is 7. The monoisotopic (exact) mass is 716 g/mol. The predicted molar refractivity (Wildman–Crippen MR) is 229 cm³/mol. The van der Waals surface area contributed by atoms with Gasteiger partial charge in [0.15, 0.2) is 17.2 Å². The van der Waals surface area contributed by atoms with Gasteiger partial charge in [-0.3, -0.25) is 4.57 Å². The molecule has 0 amide bonds. The minimum absolute atomic E-state index is 0.522. The molecule has 0 bridgehead atoms. The van der Waals surface area contributed by atoms with Gasteiger partial charge in [0.05, 0.1) is 5.52 Å². The predicted octanol–water partition coefficient (Wildman–Crippen LogP) is 13.2. The Bertz CT molecular complexity index is 3250. The molecule has 0 atom stereocenters. The first-order valence-corrected chi connectivity index (χ1v) is 18.8. The van der Waals surface area contributed by atoms with Crippen LogP contribution in [0.3, 0.4) is 0 Å². The van der Waals surface area contributed by atoms with E-state index in [-0.39, 0.29) is 0 Å².